The van der Waals surface area contributed by atoms with E-state index in [4.69, 9.17) is 10.5 Å². The molecule has 1 aromatic heterocycles. The zero-order valence-corrected chi connectivity index (χ0v) is 14.6. The first kappa shape index (κ1) is 17.7. The van der Waals surface area contributed by atoms with E-state index in [1.54, 1.807) is 41.4 Å². The van der Waals surface area contributed by atoms with Crippen molar-refractivity contribution in [2.24, 2.45) is 5.73 Å². The second kappa shape index (κ2) is 7.81. The van der Waals surface area contributed by atoms with Gasteiger partial charge in [-0.25, -0.2) is 4.98 Å². The van der Waals surface area contributed by atoms with Crippen molar-refractivity contribution in [3.63, 3.8) is 0 Å². The van der Waals surface area contributed by atoms with E-state index in [1.807, 2.05) is 11.8 Å². The van der Waals surface area contributed by atoms with Crippen LogP contribution in [0.4, 0.5) is 5.95 Å². The monoisotopic (exact) mass is 355 g/mol. The molecule has 1 aromatic carbocycles. The van der Waals surface area contributed by atoms with Crippen molar-refractivity contribution in [1.29, 1.82) is 0 Å². The zero-order valence-electron chi connectivity index (χ0n) is 14.6. The molecule has 26 heavy (non-hydrogen) atoms. The molecule has 136 valence electrons. The van der Waals surface area contributed by atoms with Crippen molar-refractivity contribution >= 4 is 17.8 Å². The first-order valence-corrected chi connectivity index (χ1v) is 8.49. The van der Waals surface area contributed by atoms with Crippen LogP contribution in [0.15, 0.2) is 36.5 Å². The van der Waals surface area contributed by atoms with Gasteiger partial charge in [-0.05, 0) is 19.1 Å². The lowest BCUT2D eigenvalue weighted by Gasteiger charge is -2.35. The third-order valence-corrected chi connectivity index (χ3v) is 4.18. The number of nitrogens with two attached hydrogens (primary N) is 1. The molecule has 0 saturated carbocycles. The number of piperazine rings is 1. The van der Waals surface area contributed by atoms with E-state index >= 15 is 0 Å². The van der Waals surface area contributed by atoms with Gasteiger partial charge in [0.05, 0.1) is 17.7 Å². The van der Waals surface area contributed by atoms with Gasteiger partial charge in [0.2, 0.25) is 17.7 Å². The van der Waals surface area contributed by atoms with Gasteiger partial charge in [-0.2, -0.15) is 4.98 Å². The molecule has 1 fully saturated rings. The number of ether oxygens (including phenoxy) is 1. The molecule has 2 heterocycles. The smallest absolute Gasteiger partial charge is 0.254 e. The predicted molar refractivity (Wildman–Crippen MR) is 96.3 cm³/mol. The molecule has 0 unspecified atom stereocenters. The second-order valence-electron chi connectivity index (χ2n) is 5.82. The zero-order chi connectivity index (χ0) is 18.5. The molecular formula is C18H21N5O3. The van der Waals surface area contributed by atoms with Crippen LogP contribution in [-0.4, -0.2) is 59.5 Å². The first-order valence-electron chi connectivity index (χ1n) is 8.49. The Morgan fingerprint density at radius 2 is 1.81 bits per heavy atom. The molecule has 1 aliphatic rings. The van der Waals surface area contributed by atoms with Crippen molar-refractivity contribution in [3.8, 4) is 5.88 Å². The molecule has 1 aliphatic heterocycles. The maximum absolute atomic E-state index is 12.8. The molecular weight excluding hydrogens is 334 g/mol. The molecule has 0 spiro atoms. The lowest BCUT2D eigenvalue weighted by molar-refractivity contribution is 0.0741. The Morgan fingerprint density at radius 3 is 2.46 bits per heavy atom. The van der Waals surface area contributed by atoms with Crippen molar-refractivity contribution in [2.75, 3.05) is 37.7 Å². The molecule has 0 radical (unpaired) electrons. The summed E-state index contributed by atoms with van der Waals surface area (Å²) < 4.78 is 5.40. The minimum absolute atomic E-state index is 0.192. The molecule has 2 aromatic rings. The number of amides is 2. The van der Waals surface area contributed by atoms with Gasteiger partial charge in [-0.3, -0.25) is 9.59 Å². The number of benzene rings is 1. The fourth-order valence-corrected chi connectivity index (χ4v) is 2.88. The Bertz CT molecular complexity index is 803. The highest BCUT2D eigenvalue weighted by molar-refractivity contribution is 6.06. The highest BCUT2D eigenvalue weighted by Gasteiger charge is 2.25. The average Bonchev–Trinajstić information content (AvgIpc) is 2.68. The van der Waals surface area contributed by atoms with E-state index in [-0.39, 0.29) is 11.5 Å². The van der Waals surface area contributed by atoms with E-state index < -0.39 is 5.91 Å². The van der Waals surface area contributed by atoms with Crippen LogP contribution >= 0.6 is 0 Å². The van der Waals surface area contributed by atoms with Gasteiger partial charge in [0.1, 0.15) is 0 Å². The maximum atomic E-state index is 12.8. The summed E-state index contributed by atoms with van der Waals surface area (Å²) in [5.41, 5.74) is 5.95. The third kappa shape index (κ3) is 3.74. The number of rotatable bonds is 5. The fourth-order valence-electron chi connectivity index (χ4n) is 2.88. The Morgan fingerprint density at radius 1 is 1.12 bits per heavy atom. The Hall–Kier alpha value is -3.16. The summed E-state index contributed by atoms with van der Waals surface area (Å²) in [6.45, 7) is 4.65. The van der Waals surface area contributed by atoms with E-state index in [1.165, 1.54) is 0 Å². The van der Waals surface area contributed by atoms with Crippen molar-refractivity contribution in [1.82, 2.24) is 14.9 Å². The lowest BCUT2D eigenvalue weighted by atomic mass is 10.1. The summed E-state index contributed by atoms with van der Waals surface area (Å²) in [5.74, 6) is 0.323. The summed E-state index contributed by atoms with van der Waals surface area (Å²) in [7, 11) is 0. The van der Waals surface area contributed by atoms with Crippen molar-refractivity contribution in [3.05, 3.63) is 47.7 Å². The average molecular weight is 355 g/mol. The minimum atomic E-state index is -0.603. The molecule has 1 saturated heterocycles. The topological polar surface area (TPSA) is 102 Å². The van der Waals surface area contributed by atoms with Crippen molar-refractivity contribution < 1.29 is 14.3 Å². The predicted octanol–water partition coefficient (Wildman–Crippen LogP) is 0.937. The minimum Gasteiger partial charge on any atom is -0.478 e. The second-order valence-corrected chi connectivity index (χ2v) is 5.82. The summed E-state index contributed by atoms with van der Waals surface area (Å²) in [5, 5.41) is 0. The number of carbonyl (C=O) groups is 2. The van der Waals surface area contributed by atoms with Crippen LogP contribution in [0.3, 0.4) is 0 Å². The third-order valence-electron chi connectivity index (χ3n) is 4.18. The van der Waals surface area contributed by atoms with Crippen LogP contribution in [0, 0.1) is 0 Å². The van der Waals surface area contributed by atoms with Gasteiger partial charge in [-0.1, -0.05) is 12.1 Å². The lowest BCUT2D eigenvalue weighted by Crippen LogP contribution is -2.49. The van der Waals surface area contributed by atoms with Gasteiger partial charge in [0.15, 0.2) is 0 Å². The Labute approximate surface area is 151 Å². The molecule has 2 amide bonds. The maximum Gasteiger partial charge on any atom is 0.254 e. The first-order chi connectivity index (χ1) is 12.6. The van der Waals surface area contributed by atoms with E-state index in [2.05, 4.69) is 9.97 Å². The van der Waals surface area contributed by atoms with E-state index in [0.717, 1.165) is 0 Å². The summed E-state index contributed by atoms with van der Waals surface area (Å²) in [4.78, 5) is 36.7. The SMILES string of the molecule is CCOc1ccnc(N2CCN(C(=O)c3ccccc3C(N)=O)CC2)n1. The highest BCUT2D eigenvalue weighted by atomic mass is 16.5. The van der Waals surface area contributed by atoms with Crippen molar-refractivity contribution in [2.45, 2.75) is 6.92 Å². The molecule has 8 heteroatoms. The number of hydrogen-bond donors (Lipinski definition) is 1. The number of anilines is 1. The largest absolute Gasteiger partial charge is 0.478 e. The molecule has 2 N–H and O–H groups in total. The van der Waals surface area contributed by atoms with Crippen LogP contribution < -0.4 is 15.4 Å². The van der Waals surface area contributed by atoms with E-state index in [0.29, 0.717) is 50.2 Å². The molecule has 0 aliphatic carbocycles. The number of carbonyl (C=O) groups excluding carboxylic acids is 2. The number of nitrogens with zero attached hydrogens (tertiary/aromatic N) is 4. The van der Waals surface area contributed by atoms with Crippen LogP contribution in [0.2, 0.25) is 0 Å². The summed E-state index contributed by atoms with van der Waals surface area (Å²) in [6, 6.07) is 8.33. The van der Waals surface area contributed by atoms with Crippen LogP contribution in [-0.2, 0) is 0 Å². The molecule has 0 bridgehead atoms. The van der Waals surface area contributed by atoms with E-state index in [9.17, 15) is 9.59 Å². The van der Waals surface area contributed by atoms with Gasteiger partial charge in [0.25, 0.3) is 5.91 Å². The standard InChI is InChI=1S/C18H21N5O3/c1-2-26-15-7-8-20-18(21-15)23-11-9-22(10-12-23)17(25)14-6-4-3-5-13(14)16(19)24/h3-8H,2,9-12H2,1H3,(H2,19,24). The van der Waals surface area contributed by atoms with Crippen LogP contribution in [0.25, 0.3) is 0 Å². The van der Waals surface area contributed by atoms with Crippen LogP contribution in [0.1, 0.15) is 27.6 Å². The van der Waals surface area contributed by atoms with Gasteiger partial charge in [-0.15, -0.1) is 0 Å². The summed E-state index contributed by atoms with van der Waals surface area (Å²) >= 11 is 0. The number of aromatic nitrogens is 2. The highest BCUT2D eigenvalue weighted by Crippen LogP contribution is 2.17. The molecule has 3 rings (SSSR count). The number of hydrogen-bond acceptors (Lipinski definition) is 6. The van der Waals surface area contributed by atoms with Gasteiger partial charge >= 0.3 is 0 Å². The molecule has 0 atom stereocenters. The van der Waals surface area contributed by atoms with Gasteiger partial charge in [0, 0.05) is 38.4 Å². The summed E-state index contributed by atoms with van der Waals surface area (Å²) in [6.07, 6.45) is 1.66. The Balaban J connectivity index is 1.68. The normalized spacial score (nSPS) is 14.2. The Kier molecular flexibility index (Phi) is 5.31. The van der Waals surface area contributed by atoms with Gasteiger partial charge < -0.3 is 20.3 Å². The fraction of sp³-hybridized carbons (Fsp3) is 0.333. The van der Waals surface area contributed by atoms with Crippen LogP contribution in [0.5, 0.6) is 5.88 Å². The number of primary amides is 1. The quantitative estimate of drug-likeness (QED) is 0.856. The molecule has 8 nitrogen and oxygen atoms in total.